The van der Waals surface area contributed by atoms with Crippen LogP contribution in [0.1, 0.15) is 15.9 Å². The highest BCUT2D eigenvalue weighted by Crippen LogP contribution is 2.16. The van der Waals surface area contributed by atoms with Gasteiger partial charge in [-0.2, -0.15) is 0 Å². The van der Waals surface area contributed by atoms with Crippen molar-refractivity contribution in [2.24, 2.45) is 5.73 Å². The first kappa shape index (κ1) is 14.4. The third-order valence-electron chi connectivity index (χ3n) is 2.88. The average Bonchev–Trinajstić information content (AvgIpc) is 2.45. The molecule has 0 aromatic heterocycles. The molecule has 7 heteroatoms. The topological polar surface area (TPSA) is 98.3 Å². The number of nitrogens with two attached hydrogens (primary N) is 1. The zero-order chi connectivity index (χ0) is 15.4. The van der Waals surface area contributed by atoms with Crippen LogP contribution in [0, 0.1) is 15.9 Å². The number of nitro benzene ring substituents is 1. The first-order chi connectivity index (χ1) is 9.97. The molecule has 0 bridgehead atoms. The summed E-state index contributed by atoms with van der Waals surface area (Å²) in [5.74, 6) is -1.52. The lowest BCUT2D eigenvalue weighted by Crippen LogP contribution is -2.13. The highest BCUT2D eigenvalue weighted by Gasteiger charge is 2.08. The van der Waals surface area contributed by atoms with Crippen molar-refractivity contribution in [1.82, 2.24) is 0 Å². The molecule has 1 amide bonds. The summed E-state index contributed by atoms with van der Waals surface area (Å²) in [6.45, 7) is 0.368. The summed E-state index contributed by atoms with van der Waals surface area (Å²) in [6.07, 6.45) is 0. The molecule has 6 nitrogen and oxygen atoms in total. The van der Waals surface area contributed by atoms with Crippen molar-refractivity contribution in [2.75, 3.05) is 5.32 Å². The summed E-state index contributed by atoms with van der Waals surface area (Å²) in [6, 6.07) is 10.0. The van der Waals surface area contributed by atoms with Gasteiger partial charge in [0.25, 0.3) is 11.6 Å². The molecule has 2 aromatic carbocycles. The maximum atomic E-state index is 13.6. The van der Waals surface area contributed by atoms with Crippen LogP contribution in [0.3, 0.4) is 0 Å². The molecule has 0 aliphatic carbocycles. The zero-order valence-corrected chi connectivity index (χ0v) is 10.9. The first-order valence-corrected chi connectivity index (χ1v) is 6.04. The third kappa shape index (κ3) is 3.53. The van der Waals surface area contributed by atoms with E-state index in [0.29, 0.717) is 12.2 Å². The molecule has 0 fully saturated rings. The molecule has 0 spiro atoms. The lowest BCUT2D eigenvalue weighted by Gasteiger charge is -2.07. The van der Waals surface area contributed by atoms with Crippen LogP contribution >= 0.6 is 0 Å². The number of hydrogen-bond donors (Lipinski definition) is 2. The normalized spacial score (nSPS) is 10.1. The molecule has 0 saturated carbocycles. The molecule has 2 aromatic rings. The highest BCUT2D eigenvalue weighted by molar-refractivity contribution is 5.93. The fourth-order valence-corrected chi connectivity index (χ4v) is 1.76. The minimum Gasteiger partial charge on any atom is -0.381 e. The number of nitrogens with one attached hydrogen (secondary N) is 1. The van der Waals surface area contributed by atoms with Gasteiger partial charge in [-0.15, -0.1) is 0 Å². The van der Waals surface area contributed by atoms with E-state index in [-0.39, 0.29) is 11.3 Å². The lowest BCUT2D eigenvalue weighted by molar-refractivity contribution is -0.384. The van der Waals surface area contributed by atoms with E-state index in [9.17, 15) is 19.3 Å². The molecule has 3 N–H and O–H groups in total. The fraction of sp³-hybridized carbons (Fsp3) is 0.0714. The van der Waals surface area contributed by atoms with Crippen LogP contribution in [0.2, 0.25) is 0 Å². The Hall–Kier alpha value is -2.96. The Balaban J connectivity index is 2.04. The Bertz CT molecular complexity index is 686. The Morgan fingerprint density at radius 3 is 2.43 bits per heavy atom. The van der Waals surface area contributed by atoms with E-state index >= 15 is 0 Å². The Labute approximate surface area is 119 Å². The number of amides is 1. The molecule has 2 rings (SSSR count). The second-order valence-corrected chi connectivity index (χ2v) is 4.34. The van der Waals surface area contributed by atoms with Crippen molar-refractivity contribution < 1.29 is 14.1 Å². The molecule has 0 aliphatic rings. The van der Waals surface area contributed by atoms with E-state index in [4.69, 9.17) is 5.73 Å². The number of carbonyl (C=O) groups is 1. The molecular formula is C14H12FN3O3. The van der Waals surface area contributed by atoms with Crippen LogP contribution in [0.15, 0.2) is 42.5 Å². The van der Waals surface area contributed by atoms with Gasteiger partial charge in [-0.05, 0) is 23.8 Å². The van der Waals surface area contributed by atoms with Crippen molar-refractivity contribution in [2.45, 2.75) is 6.54 Å². The van der Waals surface area contributed by atoms with E-state index in [1.165, 1.54) is 30.3 Å². The van der Waals surface area contributed by atoms with Crippen LogP contribution in [0.4, 0.5) is 15.8 Å². The molecule has 0 atom stereocenters. The van der Waals surface area contributed by atoms with E-state index in [1.807, 2.05) is 0 Å². The van der Waals surface area contributed by atoms with Gasteiger partial charge in [-0.1, -0.05) is 12.1 Å². The summed E-state index contributed by atoms with van der Waals surface area (Å²) in [5, 5.41) is 13.5. The van der Waals surface area contributed by atoms with Gasteiger partial charge < -0.3 is 11.1 Å². The van der Waals surface area contributed by atoms with Gasteiger partial charge in [0.15, 0.2) is 0 Å². The minimum absolute atomic E-state index is 0.00982. The van der Waals surface area contributed by atoms with Crippen molar-refractivity contribution in [3.8, 4) is 0 Å². The molecule has 0 heterocycles. The average molecular weight is 289 g/mol. The third-order valence-corrected chi connectivity index (χ3v) is 2.88. The second kappa shape index (κ2) is 6.00. The molecule has 0 unspecified atom stereocenters. The minimum atomic E-state index is -0.825. The highest BCUT2D eigenvalue weighted by atomic mass is 19.1. The van der Waals surface area contributed by atoms with E-state index in [2.05, 4.69) is 5.32 Å². The number of nitrogens with zero attached hydrogens (tertiary/aromatic N) is 1. The van der Waals surface area contributed by atoms with Gasteiger partial charge in [0, 0.05) is 24.4 Å². The Morgan fingerprint density at radius 1 is 1.24 bits per heavy atom. The van der Waals surface area contributed by atoms with Gasteiger partial charge in [0.2, 0.25) is 0 Å². The molecule has 0 radical (unpaired) electrons. The van der Waals surface area contributed by atoms with Crippen molar-refractivity contribution in [3.05, 3.63) is 69.5 Å². The van der Waals surface area contributed by atoms with Gasteiger partial charge >= 0.3 is 0 Å². The quantitative estimate of drug-likeness (QED) is 0.652. The number of primary amides is 1. The smallest absolute Gasteiger partial charge is 0.269 e. The summed E-state index contributed by atoms with van der Waals surface area (Å²) >= 11 is 0. The SMILES string of the molecule is NC(=O)c1ccc(NCc2ccc([N+](=O)[O-])cc2)cc1F. The number of non-ortho nitro benzene ring substituents is 1. The maximum Gasteiger partial charge on any atom is 0.269 e. The van der Waals surface area contributed by atoms with Crippen LogP contribution in [0.5, 0.6) is 0 Å². The summed E-state index contributed by atoms with van der Waals surface area (Å²) in [4.78, 5) is 21.0. The first-order valence-electron chi connectivity index (χ1n) is 6.04. The van der Waals surface area contributed by atoms with Crippen LogP contribution in [0.25, 0.3) is 0 Å². The summed E-state index contributed by atoms with van der Waals surface area (Å²) < 4.78 is 13.6. The Kier molecular flexibility index (Phi) is 4.13. The van der Waals surface area contributed by atoms with E-state index in [1.54, 1.807) is 12.1 Å². The number of rotatable bonds is 5. The maximum absolute atomic E-state index is 13.6. The molecule has 108 valence electrons. The lowest BCUT2D eigenvalue weighted by atomic mass is 10.1. The largest absolute Gasteiger partial charge is 0.381 e. The van der Waals surface area contributed by atoms with Crippen LogP contribution in [-0.2, 0) is 6.54 Å². The zero-order valence-electron chi connectivity index (χ0n) is 10.9. The van der Waals surface area contributed by atoms with Crippen molar-refractivity contribution in [3.63, 3.8) is 0 Å². The summed E-state index contributed by atoms with van der Waals surface area (Å²) in [7, 11) is 0. The number of anilines is 1. The molecular weight excluding hydrogens is 277 g/mol. The van der Waals surface area contributed by atoms with Crippen LogP contribution in [-0.4, -0.2) is 10.8 Å². The second-order valence-electron chi connectivity index (χ2n) is 4.34. The van der Waals surface area contributed by atoms with Gasteiger partial charge in [0.1, 0.15) is 5.82 Å². The Morgan fingerprint density at radius 2 is 1.90 bits per heavy atom. The van der Waals surface area contributed by atoms with Gasteiger partial charge in [-0.25, -0.2) is 4.39 Å². The number of benzene rings is 2. The molecule has 21 heavy (non-hydrogen) atoms. The van der Waals surface area contributed by atoms with E-state index in [0.717, 1.165) is 5.56 Å². The van der Waals surface area contributed by atoms with Crippen molar-refractivity contribution >= 4 is 17.3 Å². The predicted octanol–water partition coefficient (Wildman–Crippen LogP) is 2.44. The number of nitro groups is 1. The van der Waals surface area contributed by atoms with Gasteiger partial charge in [0.05, 0.1) is 10.5 Å². The fourth-order valence-electron chi connectivity index (χ4n) is 1.76. The number of halogens is 1. The molecule has 0 aliphatic heterocycles. The van der Waals surface area contributed by atoms with Crippen LogP contribution < -0.4 is 11.1 Å². The number of carbonyl (C=O) groups excluding carboxylic acids is 1. The monoisotopic (exact) mass is 289 g/mol. The van der Waals surface area contributed by atoms with Gasteiger partial charge in [-0.3, -0.25) is 14.9 Å². The number of hydrogen-bond acceptors (Lipinski definition) is 4. The molecule has 0 saturated heterocycles. The summed E-state index contributed by atoms with van der Waals surface area (Å²) in [5.41, 5.74) is 6.14. The van der Waals surface area contributed by atoms with Crippen molar-refractivity contribution in [1.29, 1.82) is 0 Å². The predicted molar refractivity (Wildman–Crippen MR) is 75.3 cm³/mol. The van der Waals surface area contributed by atoms with E-state index < -0.39 is 16.6 Å². The standard InChI is InChI=1S/C14H12FN3O3/c15-13-7-10(3-6-12(13)14(16)19)17-8-9-1-4-11(5-2-9)18(20)21/h1-7,17H,8H2,(H2,16,19).